The maximum atomic E-state index is 13.1. The predicted octanol–water partition coefficient (Wildman–Crippen LogP) is 2.25. The first-order valence-corrected chi connectivity index (χ1v) is 4.99. The van der Waals surface area contributed by atoms with Gasteiger partial charge in [-0.2, -0.15) is 0 Å². The van der Waals surface area contributed by atoms with E-state index in [0.717, 1.165) is 0 Å². The molecule has 0 aromatic heterocycles. The molecular formula is C9H15FN4O2. The smallest absolute Gasteiger partial charge is 0.410 e. The fraction of sp³-hybridized carbons (Fsp3) is 0.889. The number of azide groups is 1. The van der Waals surface area contributed by atoms with Gasteiger partial charge in [0.05, 0.1) is 12.6 Å². The Labute approximate surface area is 93.0 Å². The van der Waals surface area contributed by atoms with Crippen molar-refractivity contribution in [1.29, 1.82) is 0 Å². The second-order valence-corrected chi connectivity index (χ2v) is 4.63. The van der Waals surface area contributed by atoms with Crippen LogP contribution in [-0.4, -0.2) is 41.9 Å². The fourth-order valence-corrected chi connectivity index (χ4v) is 1.37. The van der Waals surface area contributed by atoms with E-state index in [2.05, 4.69) is 10.0 Å². The SMILES string of the molecule is CC(C)(C)OC(=O)N1C[C@@H](F)[C@H]1CN=[N+]=[N-]. The lowest BCUT2D eigenvalue weighted by Gasteiger charge is -2.43. The summed E-state index contributed by atoms with van der Waals surface area (Å²) in [7, 11) is 0. The van der Waals surface area contributed by atoms with E-state index in [0.29, 0.717) is 0 Å². The number of hydrogen-bond acceptors (Lipinski definition) is 3. The Morgan fingerprint density at radius 2 is 2.31 bits per heavy atom. The molecular weight excluding hydrogens is 215 g/mol. The molecule has 0 spiro atoms. The topological polar surface area (TPSA) is 78.3 Å². The summed E-state index contributed by atoms with van der Waals surface area (Å²) in [6.07, 6.45) is -1.71. The minimum atomic E-state index is -1.14. The van der Waals surface area contributed by atoms with Gasteiger partial charge in [0.1, 0.15) is 11.8 Å². The van der Waals surface area contributed by atoms with Gasteiger partial charge in [0, 0.05) is 11.5 Å². The van der Waals surface area contributed by atoms with Gasteiger partial charge in [-0.05, 0) is 26.3 Å². The quantitative estimate of drug-likeness (QED) is 0.414. The van der Waals surface area contributed by atoms with Crippen molar-refractivity contribution >= 4 is 6.09 Å². The minimum Gasteiger partial charge on any atom is -0.444 e. The number of nitrogens with zero attached hydrogens (tertiary/aromatic N) is 4. The summed E-state index contributed by atoms with van der Waals surface area (Å²) in [6.45, 7) is 5.15. The molecule has 1 aliphatic heterocycles. The molecule has 0 saturated carbocycles. The molecule has 1 fully saturated rings. The maximum absolute atomic E-state index is 13.1. The van der Waals surface area contributed by atoms with Crippen molar-refractivity contribution in [2.24, 2.45) is 5.11 Å². The van der Waals surface area contributed by atoms with Gasteiger partial charge in [-0.1, -0.05) is 5.11 Å². The van der Waals surface area contributed by atoms with Crippen LogP contribution in [0, 0.1) is 0 Å². The second kappa shape index (κ2) is 4.57. The van der Waals surface area contributed by atoms with Crippen LogP contribution in [0.5, 0.6) is 0 Å². The van der Waals surface area contributed by atoms with Crippen LogP contribution in [0.25, 0.3) is 10.4 Å². The lowest BCUT2D eigenvalue weighted by molar-refractivity contribution is -0.0371. The van der Waals surface area contributed by atoms with Crippen molar-refractivity contribution in [3.05, 3.63) is 10.4 Å². The summed E-state index contributed by atoms with van der Waals surface area (Å²) in [5.41, 5.74) is 7.52. The zero-order valence-electron chi connectivity index (χ0n) is 9.55. The Kier molecular flexibility index (Phi) is 3.59. The van der Waals surface area contributed by atoms with Crippen molar-refractivity contribution in [2.45, 2.75) is 38.6 Å². The van der Waals surface area contributed by atoms with Crippen LogP contribution in [0.15, 0.2) is 5.11 Å². The number of likely N-dealkylation sites (tertiary alicyclic amines) is 1. The number of halogens is 1. The molecule has 0 bridgehead atoms. The fourth-order valence-electron chi connectivity index (χ4n) is 1.37. The number of amides is 1. The molecule has 1 saturated heterocycles. The number of alkyl halides is 1. The lowest BCUT2D eigenvalue weighted by atomic mass is 10.0. The molecule has 1 rings (SSSR count). The maximum Gasteiger partial charge on any atom is 0.410 e. The van der Waals surface area contributed by atoms with Gasteiger partial charge in [0.15, 0.2) is 0 Å². The first kappa shape index (κ1) is 12.6. The minimum absolute atomic E-state index is 0.000524. The molecule has 1 heterocycles. The van der Waals surface area contributed by atoms with Gasteiger partial charge in [-0.3, -0.25) is 4.90 Å². The van der Waals surface area contributed by atoms with E-state index in [1.807, 2.05) is 0 Å². The van der Waals surface area contributed by atoms with E-state index < -0.39 is 23.9 Å². The molecule has 0 unspecified atom stereocenters. The molecule has 0 aromatic rings. The van der Waals surface area contributed by atoms with Gasteiger partial charge >= 0.3 is 6.09 Å². The van der Waals surface area contributed by atoms with E-state index in [9.17, 15) is 9.18 Å². The van der Waals surface area contributed by atoms with Crippen LogP contribution in [0.3, 0.4) is 0 Å². The number of rotatable bonds is 2. The van der Waals surface area contributed by atoms with Crippen molar-refractivity contribution in [2.75, 3.05) is 13.1 Å². The van der Waals surface area contributed by atoms with Crippen LogP contribution >= 0.6 is 0 Å². The zero-order chi connectivity index (χ0) is 12.3. The monoisotopic (exact) mass is 230 g/mol. The first-order chi connectivity index (χ1) is 7.35. The molecule has 0 N–H and O–H groups in total. The Balaban J connectivity index is 2.54. The molecule has 0 radical (unpaired) electrons. The van der Waals surface area contributed by atoms with Crippen LogP contribution in [0.4, 0.5) is 9.18 Å². The van der Waals surface area contributed by atoms with Crippen LogP contribution < -0.4 is 0 Å². The number of ether oxygens (including phenoxy) is 1. The van der Waals surface area contributed by atoms with Gasteiger partial charge in [-0.25, -0.2) is 9.18 Å². The molecule has 16 heavy (non-hydrogen) atoms. The van der Waals surface area contributed by atoms with E-state index in [4.69, 9.17) is 10.3 Å². The predicted molar refractivity (Wildman–Crippen MR) is 55.6 cm³/mol. The summed E-state index contributed by atoms with van der Waals surface area (Å²) in [5.74, 6) is 0. The summed E-state index contributed by atoms with van der Waals surface area (Å²) in [5, 5.41) is 3.26. The van der Waals surface area contributed by atoms with Crippen molar-refractivity contribution < 1.29 is 13.9 Å². The molecule has 0 aromatic carbocycles. The Morgan fingerprint density at radius 1 is 1.69 bits per heavy atom. The highest BCUT2D eigenvalue weighted by Gasteiger charge is 2.43. The Morgan fingerprint density at radius 3 is 2.75 bits per heavy atom. The molecule has 7 heteroatoms. The average molecular weight is 230 g/mol. The third-order valence-corrected chi connectivity index (χ3v) is 2.15. The molecule has 1 aliphatic rings. The zero-order valence-corrected chi connectivity index (χ0v) is 9.55. The van der Waals surface area contributed by atoms with Crippen molar-refractivity contribution in [3.63, 3.8) is 0 Å². The first-order valence-electron chi connectivity index (χ1n) is 4.99. The Bertz CT molecular complexity index is 322. The highest BCUT2D eigenvalue weighted by Crippen LogP contribution is 2.24. The summed E-state index contributed by atoms with van der Waals surface area (Å²) < 4.78 is 18.2. The third kappa shape index (κ3) is 3.00. The highest BCUT2D eigenvalue weighted by atomic mass is 19.1. The number of carbonyl (C=O) groups is 1. The van der Waals surface area contributed by atoms with Crippen molar-refractivity contribution in [1.82, 2.24) is 4.90 Å². The summed E-state index contributed by atoms with van der Waals surface area (Å²) >= 11 is 0. The van der Waals surface area contributed by atoms with Crippen LogP contribution in [0.1, 0.15) is 20.8 Å². The average Bonchev–Trinajstić information content (AvgIpc) is 2.11. The normalized spacial score (nSPS) is 24.4. The largest absolute Gasteiger partial charge is 0.444 e. The molecule has 1 amide bonds. The number of hydrogen-bond donors (Lipinski definition) is 0. The van der Waals surface area contributed by atoms with E-state index >= 15 is 0 Å². The van der Waals surface area contributed by atoms with Crippen molar-refractivity contribution in [3.8, 4) is 0 Å². The van der Waals surface area contributed by atoms with Crippen LogP contribution in [-0.2, 0) is 4.74 Å². The van der Waals surface area contributed by atoms with E-state index in [-0.39, 0.29) is 13.1 Å². The van der Waals surface area contributed by atoms with E-state index in [1.54, 1.807) is 20.8 Å². The van der Waals surface area contributed by atoms with Gasteiger partial charge in [-0.15, -0.1) is 0 Å². The molecule has 2 atom stereocenters. The lowest BCUT2D eigenvalue weighted by Crippen LogP contribution is -2.62. The molecule has 90 valence electrons. The van der Waals surface area contributed by atoms with Gasteiger partial charge in [0.2, 0.25) is 0 Å². The Hall–Kier alpha value is -1.49. The second-order valence-electron chi connectivity index (χ2n) is 4.63. The molecule has 6 nitrogen and oxygen atoms in total. The van der Waals surface area contributed by atoms with Gasteiger partial charge < -0.3 is 4.74 Å². The third-order valence-electron chi connectivity index (χ3n) is 2.15. The van der Waals surface area contributed by atoms with E-state index in [1.165, 1.54) is 4.90 Å². The van der Waals surface area contributed by atoms with Crippen LogP contribution in [0.2, 0.25) is 0 Å². The molecule has 0 aliphatic carbocycles. The number of carbonyl (C=O) groups excluding carboxylic acids is 1. The highest BCUT2D eigenvalue weighted by molar-refractivity contribution is 5.70. The summed E-state index contributed by atoms with van der Waals surface area (Å²) in [4.78, 5) is 15.3. The standard InChI is InChI=1S/C9H15FN4O2/c1-9(2,3)16-8(15)14-5-6(10)7(14)4-12-13-11/h6-7H,4-5H2,1-3H3/t6-,7-/m1/s1. The van der Waals surface area contributed by atoms with Gasteiger partial charge in [0.25, 0.3) is 0 Å². The summed E-state index contributed by atoms with van der Waals surface area (Å²) in [6, 6.07) is -0.689.